The maximum atomic E-state index is 12.5. The molecule has 0 aromatic heterocycles. The molecule has 0 saturated heterocycles. The predicted molar refractivity (Wildman–Crippen MR) is 61.1 cm³/mol. The number of nitrogens with one attached hydrogen (secondary N) is 1. The lowest BCUT2D eigenvalue weighted by molar-refractivity contribution is -0.137. The Bertz CT molecular complexity index is 414. The Kier molecular flexibility index (Phi) is 3.23. The minimum atomic E-state index is -4.35. The number of hydrogen-bond donors (Lipinski definition) is 2. The number of alkyl halides is 3. The molecule has 94 valence electrons. The summed E-state index contributed by atoms with van der Waals surface area (Å²) < 4.78 is 37.5. The molecule has 2 rings (SSSR count). The lowest BCUT2D eigenvalue weighted by atomic mass is 9.87. The van der Waals surface area contributed by atoms with E-state index in [1.54, 1.807) is 0 Å². The van der Waals surface area contributed by atoms with Gasteiger partial charge in [-0.2, -0.15) is 13.2 Å². The van der Waals surface area contributed by atoms with Crippen molar-refractivity contribution in [2.75, 3.05) is 5.32 Å². The highest BCUT2D eigenvalue weighted by atomic mass is 35.5. The van der Waals surface area contributed by atoms with Crippen molar-refractivity contribution >= 4 is 17.3 Å². The molecule has 2 nitrogen and oxygen atoms in total. The number of rotatable bonds is 2. The van der Waals surface area contributed by atoms with E-state index >= 15 is 0 Å². The van der Waals surface area contributed by atoms with Crippen LogP contribution in [0, 0.1) is 0 Å². The van der Waals surface area contributed by atoms with Crippen molar-refractivity contribution in [1.82, 2.24) is 0 Å². The third kappa shape index (κ3) is 2.84. The Labute approximate surface area is 102 Å². The predicted octanol–water partition coefficient (Wildman–Crippen LogP) is 3.26. The van der Waals surface area contributed by atoms with Crippen LogP contribution in [-0.2, 0) is 6.18 Å². The van der Waals surface area contributed by atoms with E-state index in [1.807, 2.05) is 0 Å². The lowest BCUT2D eigenvalue weighted by Gasteiger charge is -2.34. The Hall–Kier alpha value is -0.940. The number of nitrogens with two attached hydrogens (primary N) is 1. The molecule has 0 radical (unpaired) electrons. The molecule has 0 aliphatic heterocycles. The van der Waals surface area contributed by atoms with Crippen LogP contribution in [0.5, 0.6) is 0 Å². The van der Waals surface area contributed by atoms with Crippen LogP contribution in [0.15, 0.2) is 18.2 Å². The molecule has 3 N–H and O–H groups in total. The molecule has 17 heavy (non-hydrogen) atoms. The van der Waals surface area contributed by atoms with Gasteiger partial charge in [-0.25, -0.2) is 0 Å². The lowest BCUT2D eigenvalue weighted by Crippen LogP contribution is -2.44. The summed E-state index contributed by atoms with van der Waals surface area (Å²) in [6, 6.07) is 3.51. The van der Waals surface area contributed by atoms with Crippen LogP contribution in [0.25, 0.3) is 0 Å². The molecule has 0 atom stereocenters. The summed E-state index contributed by atoms with van der Waals surface area (Å²) in [4.78, 5) is 0. The summed E-state index contributed by atoms with van der Waals surface area (Å²) in [7, 11) is 0. The Balaban J connectivity index is 2.15. The van der Waals surface area contributed by atoms with E-state index in [1.165, 1.54) is 6.07 Å². The van der Waals surface area contributed by atoms with Gasteiger partial charge < -0.3 is 11.1 Å². The highest BCUT2D eigenvalue weighted by Crippen LogP contribution is 2.35. The standard InChI is InChI=1S/C11H12ClF3N2/c12-9-2-1-6(11(13,14)15)3-10(9)17-8-4-7(16)5-8/h1-3,7-8,17H,4-5,16H2. The van der Waals surface area contributed by atoms with E-state index in [4.69, 9.17) is 17.3 Å². The summed E-state index contributed by atoms with van der Waals surface area (Å²) in [6.07, 6.45) is -2.84. The summed E-state index contributed by atoms with van der Waals surface area (Å²) in [6.45, 7) is 0. The smallest absolute Gasteiger partial charge is 0.381 e. The minimum absolute atomic E-state index is 0.117. The van der Waals surface area contributed by atoms with Crippen molar-refractivity contribution in [1.29, 1.82) is 0 Å². The molecule has 0 amide bonds. The number of benzene rings is 1. The third-order valence-corrected chi connectivity index (χ3v) is 3.16. The maximum absolute atomic E-state index is 12.5. The first-order valence-corrected chi connectivity index (χ1v) is 5.63. The van der Waals surface area contributed by atoms with Gasteiger partial charge in [-0.15, -0.1) is 0 Å². The van der Waals surface area contributed by atoms with Gasteiger partial charge in [0.1, 0.15) is 0 Å². The van der Waals surface area contributed by atoms with E-state index in [9.17, 15) is 13.2 Å². The van der Waals surface area contributed by atoms with Gasteiger partial charge in [-0.1, -0.05) is 11.6 Å². The average molecular weight is 265 g/mol. The van der Waals surface area contributed by atoms with E-state index in [0.717, 1.165) is 25.0 Å². The molecular weight excluding hydrogens is 253 g/mol. The van der Waals surface area contributed by atoms with Crippen molar-refractivity contribution in [3.8, 4) is 0 Å². The number of anilines is 1. The summed E-state index contributed by atoms with van der Waals surface area (Å²) in [5.74, 6) is 0. The van der Waals surface area contributed by atoms with Crippen LogP contribution < -0.4 is 11.1 Å². The fourth-order valence-corrected chi connectivity index (χ4v) is 1.98. The summed E-state index contributed by atoms with van der Waals surface area (Å²) in [5.41, 5.74) is 5.22. The highest BCUT2D eigenvalue weighted by Gasteiger charge is 2.32. The molecule has 0 unspecified atom stereocenters. The molecule has 1 aliphatic carbocycles. The van der Waals surface area contributed by atoms with E-state index in [0.29, 0.717) is 10.7 Å². The molecule has 1 aromatic carbocycles. The first-order valence-electron chi connectivity index (χ1n) is 5.25. The summed E-state index contributed by atoms with van der Waals surface area (Å²) in [5, 5.41) is 3.27. The molecule has 0 spiro atoms. The number of halogens is 4. The molecule has 6 heteroatoms. The van der Waals surface area contributed by atoms with Gasteiger partial charge in [0.25, 0.3) is 0 Å². The molecular formula is C11H12ClF3N2. The second-order valence-electron chi connectivity index (χ2n) is 4.27. The SMILES string of the molecule is NC1CC(Nc2cc(C(F)(F)F)ccc2Cl)C1. The zero-order valence-electron chi connectivity index (χ0n) is 8.89. The van der Waals surface area contributed by atoms with Crippen LogP contribution in [0.4, 0.5) is 18.9 Å². The van der Waals surface area contributed by atoms with Gasteiger partial charge in [0, 0.05) is 12.1 Å². The monoisotopic (exact) mass is 264 g/mol. The van der Waals surface area contributed by atoms with E-state index < -0.39 is 11.7 Å². The van der Waals surface area contributed by atoms with Gasteiger partial charge >= 0.3 is 6.18 Å². The Morgan fingerprint density at radius 1 is 1.29 bits per heavy atom. The number of hydrogen-bond acceptors (Lipinski definition) is 2. The Morgan fingerprint density at radius 3 is 2.47 bits per heavy atom. The van der Waals surface area contributed by atoms with Gasteiger partial charge in [-0.3, -0.25) is 0 Å². The van der Waals surface area contributed by atoms with Gasteiger partial charge in [-0.05, 0) is 31.0 Å². The van der Waals surface area contributed by atoms with E-state index in [-0.39, 0.29) is 12.1 Å². The fourth-order valence-electron chi connectivity index (χ4n) is 1.81. The van der Waals surface area contributed by atoms with Crippen molar-refractivity contribution < 1.29 is 13.2 Å². The quantitative estimate of drug-likeness (QED) is 0.860. The largest absolute Gasteiger partial charge is 0.416 e. The molecule has 1 saturated carbocycles. The average Bonchev–Trinajstić information content (AvgIpc) is 2.17. The first kappa shape index (κ1) is 12.5. The van der Waals surface area contributed by atoms with Gasteiger partial charge in [0.15, 0.2) is 0 Å². The van der Waals surface area contributed by atoms with Crippen molar-refractivity contribution in [2.24, 2.45) is 5.73 Å². The normalized spacial score (nSPS) is 24.3. The molecule has 0 heterocycles. The highest BCUT2D eigenvalue weighted by molar-refractivity contribution is 6.33. The van der Waals surface area contributed by atoms with Crippen molar-refractivity contribution in [2.45, 2.75) is 31.1 Å². The van der Waals surface area contributed by atoms with Crippen LogP contribution in [0.2, 0.25) is 5.02 Å². The topological polar surface area (TPSA) is 38.0 Å². The molecule has 1 aromatic rings. The fraction of sp³-hybridized carbons (Fsp3) is 0.455. The molecule has 1 fully saturated rings. The van der Waals surface area contributed by atoms with Gasteiger partial charge in [0.05, 0.1) is 16.3 Å². The zero-order valence-corrected chi connectivity index (χ0v) is 9.65. The summed E-state index contributed by atoms with van der Waals surface area (Å²) >= 11 is 5.85. The Morgan fingerprint density at radius 2 is 1.94 bits per heavy atom. The van der Waals surface area contributed by atoms with Crippen LogP contribution in [0.3, 0.4) is 0 Å². The van der Waals surface area contributed by atoms with Gasteiger partial charge in [0.2, 0.25) is 0 Å². The second kappa shape index (κ2) is 4.38. The molecule has 1 aliphatic rings. The minimum Gasteiger partial charge on any atom is -0.381 e. The zero-order chi connectivity index (χ0) is 12.6. The van der Waals surface area contributed by atoms with Crippen LogP contribution in [0.1, 0.15) is 18.4 Å². The van der Waals surface area contributed by atoms with E-state index in [2.05, 4.69) is 5.32 Å². The third-order valence-electron chi connectivity index (χ3n) is 2.83. The maximum Gasteiger partial charge on any atom is 0.416 e. The van der Waals surface area contributed by atoms with Crippen molar-refractivity contribution in [3.05, 3.63) is 28.8 Å². The molecule has 0 bridgehead atoms. The van der Waals surface area contributed by atoms with Crippen LogP contribution >= 0.6 is 11.6 Å². The van der Waals surface area contributed by atoms with Crippen molar-refractivity contribution in [3.63, 3.8) is 0 Å². The second-order valence-corrected chi connectivity index (χ2v) is 4.67. The first-order chi connectivity index (χ1) is 7.86. The van der Waals surface area contributed by atoms with Crippen LogP contribution in [-0.4, -0.2) is 12.1 Å².